The van der Waals surface area contributed by atoms with E-state index in [2.05, 4.69) is 0 Å². The number of hydrogen-bond donors (Lipinski definition) is 1. The molecule has 142 valence electrons. The summed E-state index contributed by atoms with van der Waals surface area (Å²) in [7, 11) is 1.62. The van der Waals surface area contributed by atoms with Gasteiger partial charge in [0.15, 0.2) is 0 Å². The summed E-state index contributed by atoms with van der Waals surface area (Å²) in [5, 5.41) is 2.07. The SMILES string of the molecule is CCOC(=O)C1=C(N)Oc2ccc3ccccc3c2[C@H]1c1ccc(OC)cc1. The molecule has 5 nitrogen and oxygen atoms in total. The Bertz CT molecular complexity index is 1070. The van der Waals surface area contributed by atoms with Crippen molar-refractivity contribution in [2.45, 2.75) is 12.8 Å². The first-order valence-electron chi connectivity index (χ1n) is 9.14. The molecule has 3 aromatic rings. The lowest BCUT2D eigenvalue weighted by molar-refractivity contribution is -0.139. The largest absolute Gasteiger partial charge is 0.497 e. The second-order valence-electron chi connectivity index (χ2n) is 6.51. The maximum atomic E-state index is 12.8. The van der Waals surface area contributed by atoms with Gasteiger partial charge in [-0.1, -0.05) is 42.5 Å². The van der Waals surface area contributed by atoms with E-state index in [1.54, 1.807) is 14.0 Å². The summed E-state index contributed by atoms with van der Waals surface area (Å²) in [6.45, 7) is 2.03. The van der Waals surface area contributed by atoms with Crippen LogP contribution in [0.2, 0.25) is 0 Å². The Morgan fingerprint density at radius 2 is 1.82 bits per heavy atom. The number of hydrogen-bond acceptors (Lipinski definition) is 5. The Morgan fingerprint density at radius 1 is 1.07 bits per heavy atom. The van der Waals surface area contributed by atoms with Gasteiger partial charge in [0, 0.05) is 5.56 Å². The molecule has 1 aliphatic heterocycles. The van der Waals surface area contributed by atoms with Crippen molar-refractivity contribution in [1.29, 1.82) is 0 Å². The minimum Gasteiger partial charge on any atom is -0.497 e. The molecule has 3 aromatic carbocycles. The second kappa shape index (κ2) is 7.27. The lowest BCUT2D eigenvalue weighted by Crippen LogP contribution is -2.27. The average Bonchev–Trinajstić information content (AvgIpc) is 2.72. The first-order chi connectivity index (χ1) is 13.6. The van der Waals surface area contributed by atoms with Crippen LogP contribution in [0.15, 0.2) is 72.1 Å². The Morgan fingerprint density at radius 3 is 2.54 bits per heavy atom. The van der Waals surface area contributed by atoms with Crippen molar-refractivity contribution in [3.63, 3.8) is 0 Å². The summed E-state index contributed by atoms with van der Waals surface area (Å²) in [6.07, 6.45) is 0. The van der Waals surface area contributed by atoms with E-state index in [1.165, 1.54) is 0 Å². The molecule has 0 spiro atoms. The highest BCUT2D eigenvalue weighted by Crippen LogP contribution is 2.46. The van der Waals surface area contributed by atoms with Gasteiger partial charge in [-0.25, -0.2) is 4.79 Å². The van der Waals surface area contributed by atoms with Gasteiger partial charge < -0.3 is 19.9 Å². The van der Waals surface area contributed by atoms with Gasteiger partial charge in [0.05, 0.1) is 19.6 Å². The van der Waals surface area contributed by atoms with Crippen molar-refractivity contribution in [1.82, 2.24) is 0 Å². The van der Waals surface area contributed by atoms with Crippen molar-refractivity contribution in [2.75, 3.05) is 13.7 Å². The highest BCUT2D eigenvalue weighted by molar-refractivity contribution is 5.97. The van der Waals surface area contributed by atoms with E-state index in [0.717, 1.165) is 27.6 Å². The highest BCUT2D eigenvalue weighted by atomic mass is 16.5. The van der Waals surface area contributed by atoms with Gasteiger partial charge in [-0.3, -0.25) is 0 Å². The summed E-state index contributed by atoms with van der Waals surface area (Å²) in [5.74, 6) is 0.579. The number of carbonyl (C=O) groups is 1. The molecule has 0 amide bonds. The molecule has 0 unspecified atom stereocenters. The van der Waals surface area contributed by atoms with Crippen LogP contribution in [0.4, 0.5) is 0 Å². The van der Waals surface area contributed by atoms with Crippen LogP contribution in [-0.4, -0.2) is 19.7 Å². The third-order valence-corrected chi connectivity index (χ3v) is 4.94. The van der Waals surface area contributed by atoms with Crippen LogP contribution in [0, 0.1) is 0 Å². The number of fused-ring (bicyclic) bond motifs is 3. The zero-order valence-electron chi connectivity index (χ0n) is 15.8. The van der Waals surface area contributed by atoms with Crippen molar-refractivity contribution >= 4 is 16.7 Å². The molecule has 2 N–H and O–H groups in total. The van der Waals surface area contributed by atoms with Gasteiger partial charge >= 0.3 is 5.97 Å². The molecule has 0 fully saturated rings. The zero-order valence-corrected chi connectivity index (χ0v) is 15.8. The highest BCUT2D eigenvalue weighted by Gasteiger charge is 2.36. The molecule has 0 aliphatic carbocycles. The normalized spacial score (nSPS) is 15.7. The number of ether oxygens (including phenoxy) is 3. The Hall–Kier alpha value is -3.47. The van der Waals surface area contributed by atoms with Gasteiger partial charge in [-0.2, -0.15) is 0 Å². The van der Waals surface area contributed by atoms with Crippen LogP contribution in [0.3, 0.4) is 0 Å². The topological polar surface area (TPSA) is 70.8 Å². The van der Waals surface area contributed by atoms with E-state index in [1.807, 2.05) is 60.7 Å². The van der Waals surface area contributed by atoms with Crippen LogP contribution in [0.5, 0.6) is 11.5 Å². The van der Waals surface area contributed by atoms with Crippen LogP contribution in [0.25, 0.3) is 10.8 Å². The molecule has 1 aliphatic rings. The van der Waals surface area contributed by atoms with E-state index in [-0.39, 0.29) is 12.5 Å². The molecular weight excluding hydrogens is 354 g/mol. The fourth-order valence-electron chi connectivity index (χ4n) is 3.68. The number of rotatable bonds is 4. The number of methoxy groups -OCH3 is 1. The summed E-state index contributed by atoms with van der Waals surface area (Å²) in [6, 6.07) is 19.5. The molecular formula is C23H21NO4. The smallest absolute Gasteiger partial charge is 0.340 e. The number of benzene rings is 3. The molecule has 0 saturated carbocycles. The van der Waals surface area contributed by atoms with E-state index < -0.39 is 11.9 Å². The molecule has 0 bridgehead atoms. The lowest BCUT2D eigenvalue weighted by atomic mass is 9.80. The Kier molecular flexibility index (Phi) is 4.65. The maximum Gasteiger partial charge on any atom is 0.340 e. The standard InChI is InChI=1S/C23H21NO4/c1-3-27-23(25)21-19(15-8-11-16(26-2)12-9-15)20-17-7-5-4-6-14(17)10-13-18(20)28-22(21)24/h4-13,19H,3,24H2,1-2H3/t19-/m1/s1. The maximum absolute atomic E-state index is 12.8. The molecule has 1 atom stereocenters. The van der Waals surface area contributed by atoms with Crippen molar-refractivity contribution < 1.29 is 19.0 Å². The van der Waals surface area contributed by atoms with Crippen molar-refractivity contribution in [3.05, 3.63) is 83.2 Å². The molecule has 5 heteroatoms. The minimum absolute atomic E-state index is 0.0713. The van der Waals surface area contributed by atoms with Gasteiger partial charge in [-0.05, 0) is 41.5 Å². The fraction of sp³-hybridized carbons (Fsp3) is 0.174. The third-order valence-electron chi connectivity index (χ3n) is 4.94. The van der Waals surface area contributed by atoms with E-state index in [0.29, 0.717) is 11.3 Å². The number of carbonyl (C=O) groups excluding carboxylic acids is 1. The van der Waals surface area contributed by atoms with Gasteiger partial charge in [0.1, 0.15) is 17.1 Å². The van der Waals surface area contributed by atoms with Crippen molar-refractivity contribution in [2.24, 2.45) is 5.73 Å². The average molecular weight is 375 g/mol. The third kappa shape index (κ3) is 2.95. The molecule has 4 rings (SSSR count). The second-order valence-corrected chi connectivity index (χ2v) is 6.51. The fourth-order valence-corrected chi connectivity index (χ4v) is 3.68. The predicted molar refractivity (Wildman–Crippen MR) is 107 cm³/mol. The minimum atomic E-state index is -0.473. The van der Waals surface area contributed by atoms with E-state index in [4.69, 9.17) is 19.9 Å². The molecule has 0 saturated heterocycles. The number of esters is 1. The summed E-state index contributed by atoms with van der Waals surface area (Å²) >= 11 is 0. The Balaban J connectivity index is 1.98. The number of nitrogens with two attached hydrogens (primary N) is 1. The van der Waals surface area contributed by atoms with Gasteiger partial charge in [0.25, 0.3) is 0 Å². The molecule has 0 radical (unpaired) electrons. The zero-order chi connectivity index (χ0) is 19.7. The van der Waals surface area contributed by atoms with Gasteiger partial charge in [-0.15, -0.1) is 0 Å². The molecule has 0 aromatic heterocycles. The first-order valence-corrected chi connectivity index (χ1v) is 9.14. The monoisotopic (exact) mass is 375 g/mol. The molecule has 28 heavy (non-hydrogen) atoms. The Labute approximate surface area is 163 Å². The van der Waals surface area contributed by atoms with Gasteiger partial charge in [0.2, 0.25) is 5.88 Å². The van der Waals surface area contributed by atoms with E-state index >= 15 is 0 Å². The summed E-state index contributed by atoms with van der Waals surface area (Å²) in [5.41, 5.74) is 8.31. The van der Waals surface area contributed by atoms with Crippen LogP contribution in [-0.2, 0) is 9.53 Å². The molecule has 1 heterocycles. The quantitative estimate of drug-likeness (QED) is 0.695. The summed E-state index contributed by atoms with van der Waals surface area (Å²) in [4.78, 5) is 12.8. The van der Waals surface area contributed by atoms with Crippen LogP contribution in [0.1, 0.15) is 24.0 Å². The van der Waals surface area contributed by atoms with Crippen LogP contribution >= 0.6 is 0 Å². The predicted octanol–water partition coefficient (Wildman–Crippen LogP) is 4.11. The first kappa shape index (κ1) is 17.9. The lowest BCUT2D eigenvalue weighted by Gasteiger charge is -2.29. The van der Waals surface area contributed by atoms with E-state index in [9.17, 15) is 4.79 Å². The van der Waals surface area contributed by atoms with Crippen molar-refractivity contribution in [3.8, 4) is 11.5 Å². The van der Waals surface area contributed by atoms with Crippen LogP contribution < -0.4 is 15.2 Å². The summed E-state index contributed by atoms with van der Waals surface area (Å²) < 4.78 is 16.4.